The van der Waals surface area contributed by atoms with Crippen molar-refractivity contribution in [3.8, 4) is 0 Å². The first-order chi connectivity index (χ1) is 8.87. The highest BCUT2D eigenvalue weighted by Crippen LogP contribution is 2.60. The molecule has 2 fully saturated rings. The summed E-state index contributed by atoms with van der Waals surface area (Å²) in [5, 5.41) is 3.72. The standard InChI is InChI=1S/C17H33N/c1-2-3-4-5-6-7-8-9-14-18-15-17(12-13-17)16-10-11-16/h16,18H,2-15H2,1H3. The highest BCUT2D eigenvalue weighted by molar-refractivity contribution is 5.04. The van der Waals surface area contributed by atoms with Gasteiger partial charge in [-0.1, -0.05) is 51.9 Å². The van der Waals surface area contributed by atoms with Gasteiger partial charge >= 0.3 is 0 Å². The number of nitrogens with one attached hydrogen (secondary N) is 1. The molecule has 0 heterocycles. The van der Waals surface area contributed by atoms with Crippen molar-refractivity contribution < 1.29 is 0 Å². The van der Waals surface area contributed by atoms with E-state index in [1.165, 1.54) is 90.1 Å². The molecule has 2 saturated carbocycles. The largest absolute Gasteiger partial charge is 0.316 e. The van der Waals surface area contributed by atoms with Crippen LogP contribution in [0.2, 0.25) is 0 Å². The van der Waals surface area contributed by atoms with Crippen molar-refractivity contribution >= 4 is 0 Å². The van der Waals surface area contributed by atoms with E-state index in [0.29, 0.717) is 0 Å². The van der Waals surface area contributed by atoms with Gasteiger partial charge in [-0.05, 0) is 50.0 Å². The fraction of sp³-hybridized carbons (Fsp3) is 1.00. The van der Waals surface area contributed by atoms with Crippen LogP contribution >= 0.6 is 0 Å². The average molecular weight is 251 g/mol. The molecule has 2 aliphatic carbocycles. The maximum atomic E-state index is 3.72. The molecule has 0 spiro atoms. The second-order valence-corrected chi connectivity index (χ2v) is 6.79. The fourth-order valence-electron chi connectivity index (χ4n) is 3.31. The number of rotatable bonds is 12. The van der Waals surface area contributed by atoms with E-state index in [-0.39, 0.29) is 0 Å². The number of hydrogen-bond acceptors (Lipinski definition) is 1. The SMILES string of the molecule is CCCCCCCCCCNCC1(C2CC2)CC1. The lowest BCUT2D eigenvalue weighted by atomic mass is 10.0. The first-order valence-electron chi connectivity index (χ1n) is 8.58. The predicted molar refractivity (Wildman–Crippen MR) is 79.9 cm³/mol. The molecule has 1 nitrogen and oxygen atoms in total. The third-order valence-electron chi connectivity index (χ3n) is 5.02. The van der Waals surface area contributed by atoms with Crippen LogP contribution < -0.4 is 5.32 Å². The Bertz CT molecular complexity index is 216. The molecule has 2 aliphatic rings. The van der Waals surface area contributed by atoms with Crippen LogP contribution in [-0.4, -0.2) is 13.1 Å². The minimum absolute atomic E-state index is 0.792. The highest BCUT2D eigenvalue weighted by Gasteiger charge is 2.52. The minimum Gasteiger partial charge on any atom is -0.316 e. The number of hydrogen-bond donors (Lipinski definition) is 1. The molecule has 0 unspecified atom stereocenters. The van der Waals surface area contributed by atoms with E-state index in [1.807, 2.05) is 0 Å². The molecule has 0 bridgehead atoms. The van der Waals surface area contributed by atoms with Gasteiger partial charge in [0.05, 0.1) is 0 Å². The summed E-state index contributed by atoms with van der Waals surface area (Å²) in [5.74, 6) is 1.11. The molecule has 0 atom stereocenters. The molecule has 106 valence electrons. The molecule has 0 aromatic heterocycles. The quantitative estimate of drug-likeness (QED) is 0.486. The fourth-order valence-corrected chi connectivity index (χ4v) is 3.31. The van der Waals surface area contributed by atoms with Gasteiger partial charge in [-0.3, -0.25) is 0 Å². The Morgan fingerprint density at radius 3 is 2.06 bits per heavy atom. The molecular weight excluding hydrogens is 218 g/mol. The summed E-state index contributed by atoms with van der Waals surface area (Å²) in [6.45, 7) is 4.89. The van der Waals surface area contributed by atoms with E-state index in [2.05, 4.69) is 12.2 Å². The summed E-state index contributed by atoms with van der Waals surface area (Å²) in [6, 6.07) is 0. The van der Waals surface area contributed by atoms with Gasteiger partial charge in [-0.15, -0.1) is 0 Å². The molecule has 18 heavy (non-hydrogen) atoms. The van der Waals surface area contributed by atoms with Crippen LogP contribution in [0.5, 0.6) is 0 Å². The zero-order valence-electron chi connectivity index (χ0n) is 12.5. The highest BCUT2D eigenvalue weighted by atomic mass is 14.9. The van der Waals surface area contributed by atoms with Crippen LogP contribution in [0, 0.1) is 11.3 Å². The summed E-state index contributed by atoms with van der Waals surface area (Å²) in [5.41, 5.74) is 0.792. The topological polar surface area (TPSA) is 12.0 Å². The first kappa shape index (κ1) is 14.4. The Balaban J connectivity index is 1.32. The van der Waals surface area contributed by atoms with Gasteiger partial charge < -0.3 is 5.32 Å². The molecule has 0 aromatic carbocycles. The van der Waals surface area contributed by atoms with Crippen LogP contribution in [0.1, 0.15) is 84.0 Å². The lowest BCUT2D eigenvalue weighted by Gasteiger charge is -2.14. The Kier molecular flexibility index (Phi) is 6.01. The van der Waals surface area contributed by atoms with Gasteiger partial charge in [-0.25, -0.2) is 0 Å². The van der Waals surface area contributed by atoms with E-state index in [1.54, 1.807) is 0 Å². The second kappa shape index (κ2) is 7.53. The van der Waals surface area contributed by atoms with Crippen molar-refractivity contribution in [1.29, 1.82) is 0 Å². The van der Waals surface area contributed by atoms with E-state index >= 15 is 0 Å². The van der Waals surface area contributed by atoms with Crippen molar-refractivity contribution in [2.45, 2.75) is 84.0 Å². The molecule has 2 rings (SSSR count). The Morgan fingerprint density at radius 1 is 0.889 bits per heavy atom. The summed E-state index contributed by atoms with van der Waals surface area (Å²) in [6.07, 6.45) is 17.6. The van der Waals surface area contributed by atoms with Crippen LogP contribution in [0.15, 0.2) is 0 Å². The van der Waals surface area contributed by atoms with Crippen LogP contribution in [0.25, 0.3) is 0 Å². The number of unbranched alkanes of at least 4 members (excludes halogenated alkanes) is 7. The van der Waals surface area contributed by atoms with E-state index in [0.717, 1.165) is 11.3 Å². The van der Waals surface area contributed by atoms with Crippen LogP contribution in [0.3, 0.4) is 0 Å². The molecular formula is C17H33N. The van der Waals surface area contributed by atoms with E-state index in [9.17, 15) is 0 Å². The normalized spacial score (nSPS) is 21.2. The lowest BCUT2D eigenvalue weighted by molar-refractivity contribution is 0.400. The summed E-state index contributed by atoms with van der Waals surface area (Å²) < 4.78 is 0. The van der Waals surface area contributed by atoms with E-state index < -0.39 is 0 Å². The maximum Gasteiger partial charge on any atom is 0.00105 e. The van der Waals surface area contributed by atoms with Gasteiger partial charge in [0.15, 0.2) is 0 Å². The van der Waals surface area contributed by atoms with Crippen LogP contribution in [-0.2, 0) is 0 Å². The van der Waals surface area contributed by atoms with Gasteiger partial charge in [0, 0.05) is 6.54 Å². The van der Waals surface area contributed by atoms with Crippen molar-refractivity contribution in [3.63, 3.8) is 0 Å². The zero-order valence-corrected chi connectivity index (χ0v) is 12.5. The Hall–Kier alpha value is -0.0400. The molecule has 0 amide bonds. The Morgan fingerprint density at radius 2 is 1.50 bits per heavy atom. The van der Waals surface area contributed by atoms with E-state index in [4.69, 9.17) is 0 Å². The van der Waals surface area contributed by atoms with Crippen molar-refractivity contribution in [3.05, 3.63) is 0 Å². The van der Waals surface area contributed by atoms with Crippen molar-refractivity contribution in [1.82, 2.24) is 5.32 Å². The second-order valence-electron chi connectivity index (χ2n) is 6.79. The van der Waals surface area contributed by atoms with Crippen molar-refractivity contribution in [2.75, 3.05) is 13.1 Å². The van der Waals surface area contributed by atoms with Gasteiger partial charge in [0.2, 0.25) is 0 Å². The molecule has 0 radical (unpaired) electrons. The van der Waals surface area contributed by atoms with Gasteiger partial charge in [-0.2, -0.15) is 0 Å². The predicted octanol–water partition coefficient (Wildman–Crippen LogP) is 4.91. The minimum atomic E-state index is 0.792. The summed E-state index contributed by atoms with van der Waals surface area (Å²) in [7, 11) is 0. The van der Waals surface area contributed by atoms with Gasteiger partial charge in [0.1, 0.15) is 0 Å². The molecule has 0 aliphatic heterocycles. The summed E-state index contributed by atoms with van der Waals surface area (Å²) >= 11 is 0. The lowest BCUT2D eigenvalue weighted by Crippen LogP contribution is -2.26. The smallest absolute Gasteiger partial charge is 0.00105 e. The van der Waals surface area contributed by atoms with Gasteiger partial charge in [0.25, 0.3) is 0 Å². The summed E-state index contributed by atoms with van der Waals surface area (Å²) in [4.78, 5) is 0. The van der Waals surface area contributed by atoms with Crippen LogP contribution in [0.4, 0.5) is 0 Å². The molecule has 0 aromatic rings. The monoisotopic (exact) mass is 251 g/mol. The third-order valence-corrected chi connectivity index (χ3v) is 5.02. The maximum absolute atomic E-state index is 3.72. The zero-order chi connectivity index (χ0) is 12.7. The Labute approximate surface area is 114 Å². The average Bonchev–Trinajstić information content (AvgIpc) is 3.24. The molecule has 1 heteroatoms. The first-order valence-corrected chi connectivity index (χ1v) is 8.58. The molecule has 0 saturated heterocycles. The van der Waals surface area contributed by atoms with Crippen molar-refractivity contribution in [2.24, 2.45) is 11.3 Å². The third kappa shape index (κ3) is 4.91. The molecule has 1 N–H and O–H groups in total.